The third-order valence-corrected chi connectivity index (χ3v) is 5.57. The Hall–Kier alpha value is -2.45. The van der Waals surface area contributed by atoms with E-state index < -0.39 is 5.60 Å². The van der Waals surface area contributed by atoms with Gasteiger partial charge in [0.05, 0.1) is 17.8 Å². The van der Waals surface area contributed by atoms with E-state index in [1.807, 2.05) is 6.26 Å². The van der Waals surface area contributed by atoms with Crippen LogP contribution in [0.2, 0.25) is 0 Å². The van der Waals surface area contributed by atoms with Crippen molar-refractivity contribution in [3.63, 3.8) is 0 Å². The lowest BCUT2D eigenvalue weighted by Crippen LogP contribution is -2.22. The highest BCUT2D eigenvalue weighted by molar-refractivity contribution is 7.98. The standard InChI is InChI=1S/C19H19FN4O2S/c1-4-7-23-17(25)13-10-21-18(27-3)22-16(13)24(23)11-8-14-12(15(20)9-11)5-6-19(14,2)26/h4,8-10,26H,1,5-7H2,2-3H3. The maximum absolute atomic E-state index is 14.8. The summed E-state index contributed by atoms with van der Waals surface area (Å²) in [6.07, 6.45) is 5.88. The Morgan fingerprint density at radius 1 is 1.48 bits per heavy atom. The number of hydrogen-bond acceptors (Lipinski definition) is 5. The minimum atomic E-state index is -1.10. The predicted molar refractivity (Wildman–Crippen MR) is 103 cm³/mol. The maximum atomic E-state index is 14.8. The molecule has 2 heterocycles. The Morgan fingerprint density at radius 3 is 2.96 bits per heavy atom. The molecular weight excluding hydrogens is 367 g/mol. The average Bonchev–Trinajstić information content (AvgIpc) is 3.10. The Balaban J connectivity index is 2.07. The van der Waals surface area contributed by atoms with Crippen LogP contribution in [-0.2, 0) is 18.6 Å². The molecule has 0 saturated carbocycles. The minimum absolute atomic E-state index is 0.235. The molecule has 1 aromatic carbocycles. The molecule has 140 valence electrons. The molecule has 1 N–H and O–H groups in total. The summed E-state index contributed by atoms with van der Waals surface area (Å²) in [7, 11) is 0. The van der Waals surface area contributed by atoms with Gasteiger partial charge in [0.25, 0.3) is 5.56 Å². The molecule has 27 heavy (non-hydrogen) atoms. The number of nitrogens with zero attached hydrogens (tertiary/aromatic N) is 4. The number of rotatable bonds is 4. The third kappa shape index (κ3) is 2.71. The Bertz CT molecular complexity index is 1130. The van der Waals surface area contributed by atoms with Crippen LogP contribution in [0.4, 0.5) is 4.39 Å². The van der Waals surface area contributed by atoms with Gasteiger partial charge in [0.15, 0.2) is 10.8 Å². The molecule has 1 aliphatic carbocycles. The van der Waals surface area contributed by atoms with Gasteiger partial charge >= 0.3 is 0 Å². The fourth-order valence-electron chi connectivity index (χ4n) is 3.64. The van der Waals surface area contributed by atoms with Crippen molar-refractivity contribution in [2.75, 3.05) is 6.26 Å². The summed E-state index contributed by atoms with van der Waals surface area (Å²) in [6, 6.07) is 3.13. The highest BCUT2D eigenvalue weighted by Gasteiger charge is 2.35. The van der Waals surface area contributed by atoms with E-state index in [1.165, 1.54) is 28.7 Å². The second kappa shape index (κ2) is 6.31. The van der Waals surface area contributed by atoms with Crippen molar-refractivity contribution in [1.82, 2.24) is 19.3 Å². The average molecular weight is 386 g/mol. The normalized spacial score (nSPS) is 18.8. The van der Waals surface area contributed by atoms with E-state index in [0.717, 1.165) is 0 Å². The summed E-state index contributed by atoms with van der Waals surface area (Å²) in [6.45, 7) is 5.62. The summed E-state index contributed by atoms with van der Waals surface area (Å²) in [5.41, 5.74) is 0.544. The van der Waals surface area contributed by atoms with Crippen LogP contribution >= 0.6 is 11.8 Å². The van der Waals surface area contributed by atoms with Crippen molar-refractivity contribution in [3.05, 3.63) is 58.3 Å². The fraction of sp³-hybridized carbons (Fsp3) is 0.316. The van der Waals surface area contributed by atoms with Crippen LogP contribution in [0.5, 0.6) is 0 Å². The van der Waals surface area contributed by atoms with E-state index in [2.05, 4.69) is 16.5 Å². The van der Waals surface area contributed by atoms with Gasteiger partial charge in [0.1, 0.15) is 11.2 Å². The zero-order chi connectivity index (χ0) is 19.3. The molecule has 0 aliphatic heterocycles. The second-order valence-electron chi connectivity index (χ2n) is 6.81. The lowest BCUT2D eigenvalue weighted by Gasteiger charge is -2.19. The molecule has 0 radical (unpaired) electrons. The molecule has 0 spiro atoms. The van der Waals surface area contributed by atoms with Gasteiger partial charge < -0.3 is 5.11 Å². The maximum Gasteiger partial charge on any atom is 0.278 e. The first-order valence-corrected chi connectivity index (χ1v) is 9.79. The molecule has 1 aliphatic rings. The van der Waals surface area contributed by atoms with E-state index >= 15 is 0 Å². The summed E-state index contributed by atoms with van der Waals surface area (Å²) in [5.74, 6) is -0.390. The molecule has 0 amide bonds. The monoisotopic (exact) mass is 386 g/mol. The molecule has 6 nitrogen and oxygen atoms in total. The van der Waals surface area contributed by atoms with Gasteiger partial charge in [-0.3, -0.25) is 4.79 Å². The van der Waals surface area contributed by atoms with Crippen LogP contribution in [0.3, 0.4) is 0 Å². The van der Waals surface area contributed by atoms with E-state index in [4.69, 9.17) is 0 Å². The van der Waals surface area contributed by atoms with Crippen LogP contribution in [0, 0.1) is 5.82 Å². The van der Waals surface area contributed by atoms with Crippen molar-refractivity contribution < 1.29 is 9.50 Å². The van der Waals surface area contributed by atoms with Gasteiger partial charge in [-0.15, -0.1) is 6.58 Å². The van der Waals surface area contributed by atoms with Gasteiger partial charge in [-0.2, -0.15) is 0 Å². The molecule has 3 aromatic rings. The highest BCUT2D eigenvalue weighted by Crippen LogP contribution is 2.39. The van der Waals surface area contributed by atoms with Crippen LogP contribution < -0.4 is 5.56 Å². The summed E-state index contributed by atoms with van der Waals surface area (Å²) in [5, 5.41) is 11.5. The van der Waals surface area contributed by atoms with E-state index in [9.17, 15) is 14.3 Å². The first kappa shape index (κ1) is 17.9. The predicted octanol–water partition coefficient (Wildman–Crippen LogP) is 2.78. The number of hydrogen-bond donors (Lipinski definition) is 1. The van der Waals surface area contributed by atoms with Crippen molar-refractivity contribution in [2.45, 2.75) is 37.1 Å². The number of allylic oxidation sites excluding steroid dienone is 1. The summed E-state index contributed by atoms with van der Waals surface area (Å²) >= 11 is 1.36. The van der Waals surface area contributed by atoms with Crippen LogP contribution in [0.15, 0.2) is 40.9 Å². The first-order valence-electron chi connectivity index (χ1n) is 8.56. The summed E-state index contributed by atoms with van der Waals surface area (Å²) < 4.78 is 17.8. The zero-order valence-corrected chi connectivity index (χ0v) is 15.9. The van der Waals surface area contributed by atoms with Gasteiger partial charge in [-0.25, -0.2) is 23.7 Å². The number of benzene rings is 1. The highest BCUT2D eigenvalue weighted by atomic mass is 32.2. The molecule has 4 rings (SSSR count). The fourth-order valence-corrected chi connectivity index (χ4v) is 3.98. The minimum Gasteiger partial charge on any atom is -0.385 e. The molecular formula is C19H19FN4O2S. The Morgan fingerprint density at radius 2 is 2.26 bits per heavy atom. The quantitative estimate of drug-likeness (QED) is 0.424. The molecule has 0 bridgehead atoms. The number of halogens is 1. The Labute approximate surface area is 159 Å². The van der Waals surface area contributed by atoms with Crippen molar-refractivity contribution in [2.24, 2.45) is 0 Å². The topological polar surface area (TPSA) is 72.9 Å². The molecule has 0 saturated heterocycles. The smallest absolute Gasteiger partial charge is 0.278 e. The SMILES string of the molecule is C=CCn1c(=O)c2cnc(SC)nc2n1-c1cc(F)c2c(c1)C(C)(O)CC2. The molecule has 8 heteroatoms. The lowest BCUT2D eigenvalue weighted by atomic mass is 9.98. The number of fused-ring (bicyclic) bond motifs is 2. The number of aliphatic hydroxyl groups is 1. The van der Waals surface area contributed by atoms with Crippen molar-refractivity contribution >= 4 is 22.8 Å². The van der Waals surface area contributed by atoms with Gasteiger partial charge in [-0.1, -0.05) is 17.8 Å². The van der Waals surface area contributed by atoms with Crippen LogP contribution in [0.25, 0.3) is 16.7 Å². The molecule has 2 aromatic heterocycles. The van der Waals surface area contributed by atoms with Crippen molar-refractivity contribution in [3.8, 4) is 5.69 Å². The number of thioether (sulfide) groups is 1. The van der Waals surface area contributed by atoms with Gasteiger partial charge in [-0.05, 0) is 49.3 Å². The lowest BCUT2D eigenvalue weighted by molar-refractivity contribution is 0.0594. The molecule has 1 atom stereocenters. The van der Waals surface area contributed by atoms with E-state index in [0.29, 0.717) is 45.8 Å². The van der Waals surface area contributed by atoms with Gasteiger partial charge in [0, 0.05) is 6.20 Å². The van der Waals surface area contributed by atoms with Crippen molar-refractivity contribution in [1.29, 1.82) is 0 Å². The zero-order valence-electron chi connectivity index (χ0n) is 15.1. The number of aromatic nitrogens is 4. The van der Waals surface area contributed by atoms with E-state index in [1.54, 1.807) is 23.7 Å². The van der Waals surface area contributed by atoms with Crippen LogP contribution in [0.1, 0.15) is 24.5 Å². The molecule has 1 unspecified atom stereocenters. The Kier molecular flexibility index (Phi) is 4.20. The van der Waals surface area contributed by atoms with E-state index in [-0.39, 0.29) is 17.9 Å². The second-order valence-corrected chi connectivity index (χ2v) is 7.58. The van der Waals surface area contributed by atoms with Gasteiger partial charge in [0.2, 0.25) is 0 Å². The summed E-state index contributed by atoms with van der Waals surface area (Å²) in [4.78, 5) is 21.5. The largest absolute Gasteiger partial charge is 0.385 e. The third-order valence-electron chi connectivity index (χ3n) is 5.00. The molecule has 0 fully saturated rings. The first-order chi connectivity index (χ1) is 12.9. The van der Waals surface area contributed by atoms with Crippen LogP contribution in [-0.4, -0.2) is 30.7 Å².